The standard InChI is InChI=1S/C18H10ClFN2OS2.C13H15BClNO2S.C11H7BrFNOS/c19-11-8-14-17(24-9-21-14)7-10(11)15-5-6-16(25-15)18(23)22-13-4-2-1-3-12(13)20;1-12(2)13(3,4)18-14(17-12)8-5-11-10(6-9(8)15)16-7-19-11;12-10-6-5-9(16-10)11(15)14-8-4-2-1-3-7(8)13/h1-9H,(H,22,23);5-7H,1-4H3;1-6H,(H,14,15). The molecular weight excluding hydrogens is 952 g/mol. The summed E-state index contributed by atoms with van der Waals surface area (Å²) in [7, 11) is -0.427. The predicted molar refractivity (Wildman–Crippen MR) is 249 cm³/mol. The van der Waals surface area contributed by atoms with Crippen molar-refractivity contribution in [2.45, 2.75) is 38.9 Å². The molecular formula is C42H32BBrCl2F2N4O4S4. The van der Waals surface area contributed by atoms with Crippen LogP contribution in [0.25, 0.3) is 30.9 Å². The fraction of sp³-hybridized carbons (Fsp3) is 0.143. The topological polar surface area (TPSA) is 102 Å². The summed E-state index contributed by atoms with van der Waals surface area (Å²) in [4.78, 5) is 34.4. The number of nitrogens with one attached hydrogen (secondary N) is 2. The Balaban J connectivity index is 0.000000140. The van der Waals surface area contributed by atoms with Crippen LogP contribution in [-0.2, 0) is 9.31 Å². The maximum Gasteiger partial charge on any atom is 0.496 e. The number of halogens is 5. The highest BCUT2D eigenvalue weighted by atomic mass is 79.9. The number of amides is 2. The minimum absolute atomic E-state index is 0.159. The molecule has 4 aromatic heterocycles. The van der Waals surface area contributed by atoms with E-state index in [-0.39, 0.29) is 34.4 Å². The van der Waals surface area contributed by atoms with Crippen molar-refractivity contribution in [1.82, 2.24) is 9.97 Å². The van der Waals surface area contributed by atoms with Gasteiger partial charge >= 0.3 is 7.12 Å². The normalized spacial score (nSPS) is 14.0. The predicted octanol–water partition coefficient (Wildman–Crippen LogP) is 13.2. The lowest BCUT2D eigenvalue weighted by Gasteiger charge is -2.32. The summed E-state index contributed by atoms with van der Waals surface area (Å²) in [5.41, 5.74) is 6.71. The van der Waals surface area contributed by atoms with Gasteiger partial charge in [0.15, 0.2) is 0 Å². The van der Waals surface area contributed by atoms with E-state index in [1.165, 1.54) is 58.3 Å². The Kier molecular flexibility index (Phi) is 13.5. The largest absolute Gasteiger partial charge is 0.496 e. The molecule has 1 aliphatic rings. The van der Waals surface area contributed by atoms with Crippen molar-refractivity contribution in [3.63, 3.8) is 0 Å². The average molecular weight is 985 g/mol. The summed E-state index contributed by atoms with van der Waals surface area (Å²) >= 11 is 21.7. The number of hydrogen-bond donors (Lipinski definition) is 2. The lowest BCUT2D eigenvalue weighted by atomic mass is 9.79. The van der Waals surface area contributed by atoms with Crippen LogP contribution in [-0.4, -0.2) is 40.1 Å². The number of benzene rings is 4. The molecule has 0 bridgehead atoms. The molecule has 60 heavy (non-hydrogen) atoms. The molecule has 306 valence electrons. The van der Waals surface area contributed by atoms with Crippen LogP contribution in [0.5, 0.6) is 0 Å². The van der Waals surface area contributed by atoms with E-state index in [4.69, 9.17) is 32.5 Å². The van der Waals surface area contributed by atoms with E-state index in [9.17, 15) is 18.4 Å². The minimum atomic E-state index is -0.466. The third-order valence-electron chi connectivity index (χ3n) is 9.51. The van der Waals surface area contributed by atoms with Crippen LogP contribution in [0.15, 0.2) is 112 Å². The summed E-state index contributed by atoms with van der Waals surface area (Å²) in [6.45, 7) is 8.14. The van der Waals surface area contributed by atoms with Crippen molar-refractivity contribution in [1.29, 1.82) is 0 Å². The van der Waals surface area contributed by atoms with E-state index in [1.807, 2.05) is 63.5 Å². The molecule has 1 saturated heterocycles. The Morgan fingerprint density at radius 2 is 1.18 bits per heavy atom. The molecule has 0 radical (unpaired) electrons. The fourth-order valence-electron chi connectivity index (χ4n) is 5.65. The van der Waals surface area contributed by atoms with Gasteiger partial charge in [-0.2, -0.15) is 0 Å². The lowest BCUT2D eigenvalue weighted by Crippen LogP contribution is -2.41. The summed E-state index contributed by atoms with van der Waals surface area (Å²) in [5, 5.41) is 6.32. The Labute approximate surface area is 378 Å². The van der Waals surface area contributed by atoms with E-state index in [0.717, 1.165) is 40.1 Å². The maximum atomic E-state index is 13.7. The molecule has 0 spiro atoms. The van der Waals surface area contributed by atoms with Crippen LogP contribution in [0, 0.1) is 11.6 Å². The smallest absolute Gasteiger partial charge is 0.399 e. The van der Waals surface area contributed by atoms with Gasteiger partial charge in [-0.3, -0.25) is 9.59 Å². The molecule has 0 saturated carbocycles. The molecule has 8 aromatic rings. The first-order valence-corrected chi connectivity index (χ1v) is 22.9. The number of carbonyl (C=O) groups excluding carboxylic acids is 2. The maximum absolute atomic E-state index is 13.7. The number of aromatic nitrogens is 2. The number of carbonyl (C=O) groups is 2. The molecule has 18 heteroatoms. The molecule has 9 rings (SSSR count). The van der Waals surface area contributed by atoms with Crippen molar-refractivity contribution in [3.05, 3.63) is 143 Å². The Morgan fingerprint density at radius 1 is 0.683 bits per heavy atom. The average Bonchev–Trinajstić information content (AvgIpc) is 4.05. The summed E-state index contributed by atoms with van der Waals surface area (Å²) in [6.07, 6.45) is 0. The van der Waals surface area contributed by atoms with E-state index in [1.54, 1.807) is 59.3 Å². The second kappa shape index (κ2) is 18.5. The van der Waals surface area contributed by atoms with Crippen molar-refractivity contribution < 1.29 is 27.7 Å². The quantitative estimate of drug-likeness (QED) is 0.161. The van der Waals surface area contributed by atoms with E-state index < -0.39 is 18.8 Å². The zero-order valence-electron chi connectivity index (χ0n) is 32.0. The number of thiazole rings is 2. The van der Waals surface area contributed by atoms with Crippen LogP contribution >= 0.6 is 84.5 Å². The van der Waals surface area contributed by atoms with Crippen LogP contribution in [0.3, 0.4) is 0 Å². The minimum Gasteiger partial charge on any atom is -0.399 e. The van der Waals surface area contributed by atoms with Crippen LogP contribution < -0.4 is 16.1 Å². The first-order valence-electron chi connectivity index (χ1n) is 18.0. The van der Waals surface area contributed by atoms with Crippen molar-refractivity contribution in [2.24, 2.45) is 0 Å². The van der Waals surface area contributed by atoms with Gasteiger partial charge in [-0.05, 0) is 116 Å². The lowest BCUT2D eigenvalue weighted by molar-refractivity contribution is 0.00578. The van der Waals surface area contributed by atoms with Crippen molar-refractivity contribution in [3.8, 4) is 10.4 Å². The van der Waals surface area contributed by atoms with Gasteiger partial charge in [0.25, 0.3) is 11.8 Å². The van der Waals surface area contributed by atoms with Gasteiger partial charge in [0.05, 0.1) is 72.6 Å². The second-order valence-electron chi connectivity index (χ2n) is 14.1. The van der Waals surface area contributed by atoms with Crippen LogP contribution in [0.1, 0.15) is 47.0 Å². The van der Waals surface area contributed by atoms with Crippen molar-refractivity contribution in [2.75, 3.05) is 10.6 Å². The third-order valence-corrected chi connectivity index (χ3v) is 14.5. The van der Waals surface area contributed by atoms with Gasteiger partial charge in [0.2, 0.25) is 0 Å². The molecule has 2 N–H and O–H groups in total. The number of thiophene rings is 2. The van der Waals surface area contributed by atoms with E-state index in [2.05, 4.69) is 36.5 Å². The Hall–Kier alpha value is -4.10. The second-order valence-corrected chi connectivity index (χ2v) is 20.2. The van der Waals surface area contributed by atoms with E-state index in [0.29, 0.717) is 19.8 Å². The number of fused-ring (bicyclic) bond motifs is 2. The van der Waals surface area contributed by atoms with Gasteiger partial charge in [-0.1, -0.05) is 47.5 Å². The monoisotopic (exact) mass is 982 g/mol. The van der Waals surface area contributed by atoms with Crippen molar-refractivity contribution >= 4 is 141 Å². The molecule has 4 aromatic carbocycles. The van der Waals surface area contributed by atoms with Gasteiger partial charge in [-0.25, -0.2) is 18.7 Å². The summed E-state index contributed by atoms with van der Waals surface area (Å²) in [5.74, 6) is -1.56. The molecule has 0 unspecified atom stereocenters. The molecule has 5 heterocycles. The molecule has 0 aliphatic carbocycles. The van der Waals surface area contributed by atoms with Gasteiger partial charge in [0, 0.05) is 20.9 Å². The molecule has 1 aliphatic heterocycles. The molecule has 8 nitrogen and oxygen atoms in total. The van der Waals surface area contributed by atoms with E-state index >= 15 is 0 Å². The molecule has 0 atom stereocenters. The van der Waals surface area contributed by atoms with Gasteiger partial charge < -0.3 is 19.9 Å². The van der Waals surface area contributed by atoms with Crippen LogP contribution in [0.4, 0.5) is 20.2 Å². The number of nitrogens with zero attached hydrogens (tertiary/aromatic N) is 2. The SMILES string of the molecule is CC1(C)OB(c2cc3scnc3cc2Cl)OC1(C)C.O=C(Nc1ccccc1F)c1ccc(-c2cc3scnc3cc2Cl)s1.O=C(Nc1ccccc1F)c1ccc(Br)s1. The van der Waals surface area contributed by atoms with Gasteiger partial charge in [-0.15, -0.1) is 45.3 Å². The number of hydrogen-bond acceptors (Lipinski definition) is 10. The van der Waals surface area contributed by atoms with Crippen LogP contribution in [0.2, 0.25) is 10.0 Å². The Morgan fingerprint density at radius 3 is 1.72 bits per heavy atom. The fourth-order valence-corrected chi connectivity index (χ4v) is 9.83. The third kappa shape index (κ3) is 9.99. The summed E-state index contributed by atoms with van der Waals surface area (Å²) < 4.78 is 42.0. The zero-order valence-corrected chi connectivity index (χ0v) is 38.4. The zero-order chi connectivity index (χ0) is 42.8. The first kappa shape index (κ1) is 44.0. The number of para-hydroxylation sites is 2. The Bertz CT molecular complexity index is 2830. The summed E-state index contributed by atoms with van der Waals surface area (Å²) in [6, 6.07) is 26.8. The molecule has 1 fully saturated rings. The highest BCUT2D eigenvalue weighted by molar-refractivity contribution is 9.11. The molecule has 2 amide bonds. The van der Waals surface area contributed by atoms with Gasteiger partial charge in [0.1, 0.15) is 11.6 Å². The number of anilines is 2. The highest BCUT2D eigenvalue weighted by Crippen LogP contribution is 2.39. The highest BCUT2D eigenvalue weighted by Gasteiger charge is 2.52. The number of rotatable bonds is 6. The first-order chi connectivity index (χ1) is 28.6.